The van der Waals surface area contributed by atoms with Crippen LogP contribution in [0.25, 0.3) is 0 Å². The molecule has 0 heterocycles. The van der Waals surface area contributed by atoms with Crippen molar-refractivity contribution < 1.29 is 4.74 Å². The van der Waals surface area contributed by atoms with Gasteiger partial charge in [0.15, 0.2) is 5.17 Å². The maximum Gasteiger partial charge on any atom is 0.151 e. The topological polar surface area (TPSA) is 82.9 Å². The lowest BCUT2D eigenvalue weighted by atomic mass is 10.2. The molecule has 0 spiro atoms. The monoisotopic (exact) mass is 313 g/mol. The number of nitriles is 1. The van der Waals surface area contributed by atoms with E-state index in [2.05, 4.69) is 6.07 Å². The van der Waals surface area contributed by atoms with Gasteiger partial charge < -0.3 is 10.5 Å². The van der Waals surface area contributed by atoms with E-state index in [9.17, 15) is 0 Å². The van der Waals surface area contributed by atoms with Gasteiger partial charge in [-0.3, -0.25) is 5.41 Å². The molecule has 0 aliphatic carbocycles. The lowest BCUT2D eigenvalue weighted by Crippen LogP contribution is -2.04. The number of halogens is 1. The SMILES string of the molecule is Cl.N#Cc1ccc(OCCCCCCSC(=N)N)cc1. The molecule has 1 aromatic rings. The number of rotatable bonds is 8. The van der Waals surface area contributed by atoms with Crippen molar-refractivity contribution in [2.45, 2.75) is 25.7 Å². The summed E-state index contributed by atoms with van der Waals surface area (Å²) in [6.07, 6.45) is 4.36. The average Bonchev–Trinajstić information content (AvgIpc) is 2.42. The Kier molecular flexibility index (Phi) is 10.7. The highest BCUT2D eigenvalue weighted by atomic mass is 35.5. The summed E-state index contributed by atoms with van der Waals surface area (Å²) in [6.45, 7) is 0.700. The highest BCUT2D eigenvalue weighted by Crippen LogP contribution is 2.12. The summed E-state index contributed by atoms with van der Waals surface area (Å²) >= 11 is 1.40. The minimum absolute atomic E-state index is 0. The van der Waals surface area contributed by atoms with Crippen LogP contribution in [0.2, 0.25) is 0 Å². The van der Waals surface area contributed by atoms with Gasteiger partial charge in [-0.2, -0.15) is 5.26 Å². The second-order valence-corrected chi connectivity index (χ2v) is 5.25. The molecule has 3 N–H and O–H groups in total. The maximum absolute atomic E-state index is 8.67. The van der Waals surface area contributed by atoms with Crippen molar-refractivity contribution in [1.29, 1.82) is 10.7 Å². The molecule has 0 amide bonds. The first kappa shape index (κ1) is 18.6. The summed E-state index contributed by atoms with van der Waals surface area (Å²) in [6, 6.07) is 9.24. The molecular weight excluding hydrogens is 294 g/mol. The van der Waals surface area contributed by atoms with E-state index in [-0.39, 0.29) is 17.6 Å². The fourth-order valence-corrected chi connectivity index (χ4v) is 2.12. The molecule has 0 radical (unpaired) electrons. The molecule has 0 saturated carbocycles. The summed E-state index contributed by atoms with van der Waals surface area (Å²) in [4.78, 5) is 0. The summed E-state index contributed by atoms with van der Waals surface area (Å²) in [7, 11) is 0. The smallest absolute Gasteiger partial charge is 0.151 e. The number of hydrogen-bond acceptors (Lipinski definition) is 4. The van der Waals surface area contributed by atoms with Crippen molar-refractivity contribution in [3.8, 4) is 11.8 Å². The van der Waals surface area contributed by atoms with E-state index in [1.54, 1.807) is 12.1 Å². The molecule has 0 aromatic heterocycles. The van der Waals surface area contributed by atoms with Gasteiger partial charge in [-0.15, -0.1) is 12.4 Å². The first-order valence-electron chi connectivity index (χ1n) is 6.32. The lowest BCUT2D eigenvalue weighted by molar-refractivity contribution is 0.305. The minimum Gasteiger partial charge on any atom is -0.494 e. The van der Waals surface area contributed by atoms with E-state index in [1.807, 2.05) is 12.1 Å². The molecule has 110 valence electrons. The summed E-state index contributed by atoms with van der Waals surface area (Å²) < 4.78 is 5.58. The summed E-state index contributed by atoms with van der Waals surface area (Å²) in [5, 5.41) is 15.9. The number of nitrogens with zero attached hydrogens (tertiary/aromatic N) is 1. The van der Waals surface area contributed by atoms with Gasteiger partial charge in [0, 0.05) is 5.75 Å². The largest absolute Gasteiger partial charge is 0.494 e. The van der Waals surface area contributed by atoms with Gasteiger partial charge >= 0.3 is 0 Å². The van der Waals surface area contributed by atoms with E-state index < -0.39 is 0 Å². The number of thioether (sulfide) groups is 1. The van der Waals surface area contributed by atoms with Gasteiger partial charge in [0.1, 0.15) is 5.75 Å². The van der Waals surface area contributed by atoms with Crippen LogP contribution in [-0.4, -0.2) is 17.5 Å². The molecule has 0 saturated heterocycles. The van der Waals surface area contributed by atoms with Gasteiger partial charge in [-0.25, -0.2) is 0 Å². The molecule has 0 bridgehead atoms. The summed E-state index contributed by atoms with van der Waals surface area (Å²) in [5.74, 6) is 1.73. The van der Waals surface area contributed by atoms with Crippen LogP contribution in [0.4, 0.5) is 0 Å². The molecule has 1 aromatic carbocycles. The van der Waals surface area contributed by atoms with Crippen molar-refractivity contribution in [2.24, 2.45) is 5.73 Å². The first-order valence-corrected chi connectivity index (χ1v) is 7.30. The van der Waals surface area contributed by atoms with Crippen molar-refractivity contribution in [2.75, 3.05) is 12.4 Å². The Morgan fingerprint density at radius 3 is 2.45 bits per heavy atom. The number of nitrogens with one attached hydrogen (secondary N) is 1. The van der Waals surface area contributed by atoms with Crippen LogP contribution in [0.3, 0.4) is 0 Å². The fourth-order valence-electron chi connectivity index (χ4n) is 1.56. The number of hydrogen-bond donors (Lipinski definition) is 2. The number of nitrogens with two attached hydrogens (primary N) is 1. The number of benzene rings is 1. The first-order chi connectivity index (χ1) is 9.22. The Balaban J connectivity index is 0.00000361. The minimum atomic E-state index is 0. The van der Waals surface area contributed by atoms with Crippen LogP contribution in [0.1, 0.15) is 31.2 Å². The van der Waals surface area contributed by atoms with Crippen LogP contribution < -0.4 is 10.5 Å². The third-order valence-corrected chi connectivity index (χ3v) is 3.35. The molecule has 0 aliphatic rings. The van der Waals surface area contributed by atoms with Crippen molar-refractivity contribution in [1.82, 2.24) is 0 Å². The third-order valence-electron chi connectivity index (χ3n) is 2.55. The van der Waals surface area contributed by atoms with Gasteiger partial charge in [-0.1, -0.05) is 24.6 Å². The van der Waals surface area contributed by atoms with E-state index in [0.29, 0.717) is 12.2 Å². The Morgan fingerprint density at radius 2 is 1.85 bits per heavy atom. The Labute approximate surface area is 130 Å². The molecule has 4 nitrogen and oxygen atoms in total. The molecule has 0 fully saturated rings. The zero-order chi connectivity index (χ0) is 13.9. The predicted molar refractivity (Wildman–Crippen MR) is 86.7 cm³/mol. The molecule has 20 heavy (non-hydrogen) atoms. The molecule has 0 aliphatic heterocycles. The van der Waals surface area contributed by atoms with Crippen LogP contribution in [0.15, 0.2) is 24.3 Å². The van der Waals surface area contributed by atoms with Gasteiger partial charge in [-0.05, 0) is 37.1 Å². The number of unbranched alkanes of at least 4 members (excludes halogenated alkanes) is 3. The average molecular weight is 314 g/mol. The van der Waals surface area contributed by atoms with Gasteiger partial charge in [0.25, 0.3) is 0 Å². The quantitative estimate of drug-likeness (QED) is 0.437. The molecule has 0 unspecified atom stereocenters. The highest BCUT2D eigenvalue weighted by molar-refractivity contribution is 8.13. The van der Waals surface area contributed by atoms with E-state index in [4.69, 9.17) is 21.1 Å². The Morgan fingerprint density at radius 1 is 1.20 bits per heavy atom. The molecule has 6 heteroatoms. The van der Waals surface area contributed by atoms with E-state index in [1.165, 1.54) is 11.8 Å². The predicted octanol–water partition coefficient (Wildman–Crippen LogP) is 3.55. The van der Waals surface area contributed by atoms with Crippen LogP contribution in [-0.2, 0) is 0 Å². The van der Waals surface area contributed by atoms with Crippen molar-refractivity contribution >= 4 is 29.3 Å². The van der Waals surface area contributed by atoms with E-state index >= 15 is 0 Å². The van der Waals surface area contributed by atoms with Crippen molar-refractivity contribution in [3.63, 3.8) is 0 Å². The Bertz CT molecular complexity index is 431. The third kappa shape index (κ3) is 8.68. The number of ether oxygens (including phenoxy) is 1. The van der Waals surface area contributed by atoms with Crippen LogP contribution >= 0.6 is 24.2 Å². The number of amidine groups is 1. The standard InChI is InChI=1S/C14H19N3OS.ClH/c15-11-12-5-7-13(8-6-12)18-9-3-1-2-4-10-19-14(16)17;/h5-8H,1-4,9-10H2,(H3,16,17);1H. The fraction of sp³-hybridized carbons (Fsp3) is 0.429. The normalized spacial score (nSPS) is 9.35. The maximum atomic E-state index is 8.67. The zero-order valence-corrected chi connectivity index (χ0v) is 12.9. The lowest BCUT2D eigenvalue weighted by Gasteiger charge is -2.06. The molecule has 1 rings (SSSR count). The van der Waals surface area contributed by atoms with Crippen LogP contribution in [0.5, 0.6) is 5.75 Å². The Hall–Kier alpha value is -1.38. The molecule has 0 atom stereocenters. The molecular formula is C14H20ClN3OS. The second kappa shape index (κ2) is 11.4. The second-order valence-electron chi connectivity index (χ2n) is 4.11. The van der Waals surface area contributed by atoms with Crippen LogP contribution in [0, 0.1) is 16.7 Å². The summed E-state index contributed by atoms with van der Waals surface area (Å²) in [5.41, 5.74) is 5.89. The zero-order valence-electron chi connectivity index (χ0n) is 11.3. The van der Waals surface area contributed by atoms with Gasteiger partial charge in [0.2, 0.25) is 0 Å². The van der Waals surface area contributed by atoms with Crippen molar-refractivity contribution in [3.05, 3.63) is 29.8 Å². The highest BCUT2D eigenvalue weighted by Gasteiger charge is 1.96. The van der Waals surface area contributed by atoms with Gasteiger partial charge in [0.05, 0.1) is 18.2 Å². The van der Waals surface area contributed by atoms with E-state index in [0.717, 1.165) is 37.2 Å².